The minimum Gasteiger partial charge on any atom is -0.444 e. The van der Waals surface area contributed by atoms with E-state index in [1.54, 1.807) is 14.7 Å². The van der Waals surface area contributed by atoms with E-state index in [0.29, 0.717) is 29.0 Å². The number of fused-ring (bicyclic) bond motifs is 5. The van der Waals surface area contributed by atoms with E-state index in [1.807, 2.05) is 151 Å². The lowest BCUT2D eigenvalue weighted by molar-refractivity contribution is -0.140. The molecule has 7 rings (SSSR count). The second kappa shape index (κ2) is 11.1. The molecule has 3 amide bonds. The van der Waals surface area contributed by atoms with Gasteiger partial charge in [-0.15, -0.1) is 0 Å². The summed E-state index contributed by atoms with van der Waals surface area (Å²) in [5.41, 5.74) is -0.524. The van der Waals surface area contributed by atoms with Crippen LogP contribution in [0.25, 0.3) is 0 Å². The van der Waals surface area contributed by atoms with E-state index in [-0.39, 0.29) is 18.4 Å². The van der Waals surface area contributed by atoms with Crippen molar-refractivity contribution in [3.8, 4) is 0 Å². The summed E-state index contributed by atoms with van der Waals surface area (Å²) < 4.78 is 6.15. The van der Waals surface area contributed by atoms with Gasteiger partial charge in [-0.05, 0) is 49.4 Å². The number of amides is 3. The van der Waals surface area contributed by atoms with Crippen molar-refractivity contribution in [3.63, 3.8) is 0 Å². The maximum atomic E-state index is 15.8. The maximum absolute atomic E-state index is 15.8. The van der Waals surface area contributed by atoms with Gasteiger partial charge in [-0.1, -0.05) is 118 Å². The van der Waals surface area contributed by atoms with E-state index in [4.69, 9.17) is 4.74 Å². The maximum Gasteiger partial charge on any atom is 0.412 e. The summed E-state index contributed by atoms with van der Waals surface area (Å²) >= 11 is 0. The van der Waals surface area contributed by atoms with Crippen LogP contribution in [0, 0.1) is 5.41 Å². The monoisotopic (exact) mass is 642 g/mol. The number of carbonyl (C=O) groups excluding carboxylic acids is 3. The average molecular weight is 643 g/mol. The highest BCUT2D eigenvalue weighted by atomic mass is 16.6. The first-order valence-corrected chi connectivity index (χ1v) is 16.5. The number of rotatable bonds is 4. The van der Waals surface area contributed by atoms with Crippen molar-refractivity contribution in [2.24, 2.45) is 5.41 Å². The molecule has 3 unspecified atom stereocenters. The van der Waals surface area contributed by atoms with E-state index < -0.39 is 34.4 Å². The van der Waals surface area contributed by atoms with Crippen LogP contribution in [0.15, 0.2) is 109 Å². The molecule has 2 spiro atoms. The highest BCUT2D eigenvalue weighted by Gasteiger charge is 2.80. The van der Waals surface area contributed by atoms with Crippen LogP contribution in [-0.2, 0) is 38.5 Å². The summed E-state index contributed by atoms with van der Waals surface area (Å²) in [7, 11) is 0. The molecule has 1 N–H and O–H groups in total. The number of hydrogen-bond acceptors (Lipinski definition) is 5. The predicted octanol–water partition coefficient (Wildman–Crippen LogP) is 7.08. The molecule has 4 aromatic carbocycles. The minimum absolute atomic E-state index is 0.264. The van der Waals surface area contributed by atoms with Crippen LogP contribution in [-0.4, -0.2) is 34.6 Å². The van der Waals surface area contributed by atoms with Gasteiger partial charge in [0.15, 0.2) is 11.1 Å². The van der Waals surface area contributed by atoms with Crippen LogP contribution in [0.3, 0.4) is 0 Å². The molecule has 8 nitrogen and oxygen atoms in total. The van der Waals surface area contributed by atoms with Crippen LogP contribution in [0.5, 0.6) is 0 Å². The number of hydrogen-bond donors (Lipinski definition) is 1. The summed E-state index contributed by atoms with van der Waals surface area (Å²) in [6.45, 7) is 12.0. The second-order valence-electron chi connectivity index (χ2n) is 15.0. The lowest BCUT2D eigenvalue weighted by atomic mass is 9.69. The lowest BCUT2D eigenvalue weighted by Crippen LogP contribution is -2.66. The number of anilines is 2. The van der Waals surface area contributed by atoms with Crippen LogP contribution >= 0.6 is 0 Å². The molecule has 48 heavy (non-hydrogen) atoms. The third-order valence-corrected chi connectivity index (χ3v) is 9.60. The molecule has 246 valence electrons. The van der Waals surface area contributed by atoms with E-state index in [0.717, 1.165) is 11.1 Å². The Morgan fingerprint density at radius 3 is 1.65 bits per heavy atom. The van der Waals surface area contributed by atoms with E-state index >= 15 is 9.59 Å². The lowest BCUT2D eigenvalue weighted by Gasteiger charge is -2.44. The van der Waals surface area contributed by atoms with Gasteiger partial charge in [0.1, 0.15) is 5.60 Å². The second-order valence-corrected chi connectivity index (χ2v) is 15.0. The highest BCUT2D eigenvalue weighted by Crippen LogP contribution is 2.63. The largest absolute Gasteiger partial charge is 0.444 e. The number of nitrogens with one attached hydrogen (secondary N) is 1. The fraction of sp³-hybridized carbons (Fsp3) is 0.325. The molecule has 4 aromatic rings. The first kappa shape index (κ1) is 31.6. The van der Waals surface area contributed by atoms with Crippen molar-refractivity contribution in [3.05, 3.63) is 131 Å². The molecular formula is C40H42N4O4. The van der Waals surface area contributed by atoms with Crippen LogP contribution in [0.2, 0.25) is 0 Å². The zero-order valence-corrected chi connectivity index (χ0v) is 28.4. The first-order valence-electron chi connectivity index (χ1n) is 16.5. The van der Waals surface area contributed by atoms with Gasteiger partial charge in [0.05, 0.1) is 24.9 Å². The van der Waals surface area contributed by atoms with Gasteiger partial charge < -0.3 is 14.5 Å². The Hall–Kier alpha value is -4.95. The molecule has 0 bridgehead atoms. The van der Waals surface area contributed by atoms with Crippen molar-refractivity contribution in [2.45, 2.75) is 77.5 Å². The Bertz CT molecular complexity index is 1900. The van der Waals surface area contributed by atoms with Crippen LogP contribution < -0.4 is 15.1 Å². The Morgan fingerprint density at radius 2 is 1.12 bits per heavy atom. The van der Waals surface area contributed by atoms with E-state index in [9.17, 15) is 4.79 Å². The molecule has 3 aliphatic heterocycles. The van der Waals surface area contributed by atoms with Crippen molar-refractivity contribution < 1.29 is 19.1 Å². The van der Waals surface area contributed by atoms with E-state index in [2.05, 4.69) is 5.32 Å². The minimum atomic E-state index is -1.82. The third kappa shape index (κ3) is 4.57. The average Bonchev–Trinajstić information content (AvgIpc) is 3.60. The SMILES string of the molecule is CC(C)(C)OC(=O)N1C(C(C)(C)C)NC2(C(=O)N(Cc3ccccc3)c3ccccc32)C12C(=O)N(Cc1ccccc1)c1ccccc12. The van der Waals surface area contributed by atoms with Gasteiger partial charge >= 0.3 is 6.09 Å². The summed E-state index contributed by atoms with van der Waals surface area (Å²) in [5.74, 6) is -0.653. The van der Waals surface area contributed by atoms with Crippen molar-refractivity contribution in [2.75, 3.05) is 9.80 Å². The van der Waals surface area contributed by atoms with Gasteiger partial charge in [0.25, 0.3) is 11.8 Å². The molecule has 0 aliphatic carbocycles. The van der Waals surface area contributed by atoms with E-state index in [1.165, 1.54) is 0 Å². The first-order chi connectivity index (χ1) is 22.8. The molecule has 0 saturated carbocycles. The van der Waals surface area contributed by atoms with Crippen molar-refractivity contribution in [1.29, 1.82) is 0 Å². The number of benzene rings is 4. The Labute approximate surface area is 282 Å². The molecule has 3 heterocycles. The number of nitrogens with zero attached hydrogens (tertiary/aromatic N) is 3. The van der Waals surface area contributed by atoms with Crippen molar-refractivity contribution in [1.82, 2.24) is 10.2 Å². The molecule has 3 aliphatic rings. The van der Waals surface area contributed by atoms with Gasteiger partial charge in [-0.2, -0.15) is 0 Å². The predicted molar refractivity (Wildman–Crippen MR) is 186 cm³/mol. The summed E-state index contributed by atoms with van der Waals surface area (Å²) in [4.78, 5) is 51.2. The number of para-hydroxylation sites is 2. The summed E-state index contributed by atoms with van der Waals surface area (Å²) in [6, 6.07) is 34.8. The molecule has 8 heteroatoms. The molecule has 3 atom stereocenters. The number of carbonyl (C=O) groups is 3. The zero-order chi connectivity index (χ0) is 34.1. The van der Waals surface area contributed by atoms with Crippen molar-refractivity contribution >= 4 is 29.3 Å². The summed E-state index contributed by atoms with van der Waals surface area (Å²) in [6.07, 6.45) is -1.43. The fourth-order valence-corrected chi connectivity index (χ4v) is 7.72. The molecule has 0 radical (unpaired) electrons. The van der Waals surface area contributed by atoms with Gasteiger partial charge in [-0.3, -0.25) is 19.8 Å². The standard InChI is InChI=1S/C40H42N4O4/c1-37(2,3)33-41-39(29-21-13-15-23-31(29)42(34(39)45)25-27-17-9-7-10-18-27)40(44(33)36(47)48-38(4,5)6)30-22-14-16-24-32(30)43(35(40)46)26-28-19-11-8-12-20-28/h7-24,33,41H,25-26H2,1-6H3. The van der Waals surface area contributed by atoms with Gasteiger partial charge in [0, 0.05) is 16.8 Å². The Balaban J connectivity index is 1.54. The van der Waals surface area contributed by atoms with Crippen LogP contribution in [0.1, 0.15) is 63.8 Å². The molecule has 1 saturated heterocycles. The van der Waals surface area contributed by atoms with Gasteiger partial charge in [-0.25, -0.2) is 4.79 Å². The highest BCUT2D eigenvalue weighted by molar-refractivity contribution is 6.19. The third-order valence-electron chi connectivity index (χ3n) is 9.60. The molecule has 1 fully saturated rings. The topological polar surface area (TPSA) is 82.2 Å². The fourth-order valence-electron chi connectivity index (χ4n) is 7.72. The molecular weight excluding hydrogens is 600 g/mol. The van der Waals surface area contributed by atoms with Crippen LogP contribution in [0.4, 0.5) is 16.2 Å². The number of ether oxygens (including phenoxy) is 1. The molecule has 0 aromatic heterocycles. The van der Waals surface area contributed by atoms with Gasteiger partial charge in [0.2, 0.25) is 0 Å². The smallest absolute Gasteiger partial charge is 0.412 e. The summed E-state index contributed by atoms with van der Waals surface area (Å²) in [5, 5.41) is 3.72. The normalized spacial score (nSPS) is 23.3. The quantitative estimate of drug-likeness (QED) is 0.257. The zero-order valence-electron chi connectivity index (χ0n) is 28.4. The Morgan fingerprint density at radius 1 is 0.667 bits per heavy atom. The Kier molecular flexibility index (Phi) is 7.29.